The van der Waals surface area contributed by atoms with E-state index in [4.69, 9.17) is 33.7 Å². The van der Waals surface area contributed by atoms with Crippen molar-refractivity contribution in [1.29, 1.82) is 0 Å². The van der Waals surface area contributed by atoms with Gasteiger partial charge in [-0.2, -0.15) is 8.42 Å². The van der Waals surface area contributed by atoms with Crippen LogP contribution >= 0.6 is 0 Å². The molecule has 0 aliphatic carbocycles. The van der Waals surface area contributed by atoms with Crippen molar-refractivity contribution in [3.8, 4) is 0 Å². The monoisotopic (exact) mass is 291 g/mol. The molecule has 2 rings (SSSR count). The molecule has 0 bridgehead atoms. The van der Waals surface area contributed by atoms with Crippen LogP contribution in [-0.4, -0.2) is 43.8 Å². The highest BCUT2D eigenvalue weighted by Gasteiger charge is 2.13. The van der Waals surface area contributed by atoms with Gasteiger partial charge in [0.2, 0.25) is 0 Å². The number of nitrogen functional groups attached to an aromatic ring is 2. The molecule has 0 saturated carbocycles. The number of anilines is 3. The average molecular weight is 291 g/mol. The Hall–Kier alpha value is -1.55. The summed E-state index contributed by atoms with van der Waals surface area (Å²) in [6.07, 6.45) is 0. The van der Waals surface area contributed by atoms with Crippen LogP contribution in [0.3, 0.4) is 0 Å². The van der Waals surface area contributed by atoms with E-state index in [2.05, 4.69) is 4.90 Å². The molecule has 1 saturated heterocycles. The number of nitrogens with zero attached hydrogens (tertiary/aromatic N) is 1. The maximum atomic E-state index is 8.74. The van der Waals surface area contributed by atoms with Crippen molar-refractivity contribution in [1.82, 2.24) is 0 Å². The molecule has 1 aromatic rings. The molecular formula is C10H17N3O5S. The summed E-state index contributed by atoms with van der Waals surface area (Å²) < 4.78 is 36.9. The minimum Gasteiger partial charge on any atom is -0.399 e. The smallest absolute Gasteiger partial charge is 0.394 e. The van der Waals surface area contributed by atoms with Crippen molar-refractivity contribution in [2.45, 2.75) is 0 Å². The molecule has 1 aliphatic rings. The van der Waals surface area contributed by atoms with Crippen LogP contribution in [0.2, 0.25) is 0 Å². The summed E-state index contributed by atoms with van der Waals surface area (Å²) in [6.45, 7) is 3.28. The molecule has 0 aromatic heterocycles. The van der Waals surface area contributed by atoms with E-state index in [-0.39, 0.29) is 0 Å². The molecule has 1 aromatic carbocycles. The van der Waals surface area contributed by atoms with E-state index in [0.29, 0.717) is 0 Å². The van der Waals surface area contributed by atoms with Gasteiger partial charge in [0.05, 0.1) is 24.6 Å². The maximum Gasteiger partial charge on any atom is 0.394 e. The third-order valence-electron chi connectivity index (χ3n) is 2.41. The first-order valence-corrected chi connectivity index (χ1v) is 6.84. The van der Waals surface area contributed by atoms with Gasteiger partial charge in [-0.1, -0.05) is 0 Å². The van der Waals surface area contributed by atoms with Gasteiger partial charge in [0.25, 0.3) is 0 Å². The van der Waals surface area contributed by atoms with Gasteiger partial charge >= 0.3 is 10.4 Å². The topological polar surface area (TPSA) is 139 Å². The predicted molar refractivity (Wildman–Crippen MR) is 72.5 cm³/mol. The van der Waals surface area contributed by atoms with E-state index < -0.39 is 10.4 Å². The van der Waals surface area contributed by atoms with Crippen LogP contribution in [0.5, 0.6) is 0 Å². The molecule has 19 heavy (non-hydrogen) atoms. The van der Waals surface area contributed by atoms with E-state index in [1.807, 2.05) is 18.2 Å². The molecule has 6 N–H and O–H groups in total. The van der Waals surface area contributed by atoms with E-state index in [1.165, 1.54) is 0 Å². The van der Waals surface area contributed by atoms with Crippen LogP contribution in [0, 0.1) is 0 Å². The van der Waals surface area contributed by atoms with Gasteiger partial charge < -0.3 is 21.1 Å². The Morgan fingerprint density at radius 3 is 2.21 bits per heavy atom. The number of morpholine rings is 1. The summed E-state index contributed by atoms with van der Waals surface area (Å²) >= 11 is 0. The highest BCUT2D eigenvalue weighted by molar-refractivity contribution is 7.79. The second-order valence-corrected chi connectivity index (χ2v) is 4.76. The average Bonchev–Trinajstić information content (AvgIpc) is 2.31. The molecule has 0 spiro atoms. The number of nitrogens with two attached hydrogens (primary N) is 2. The predicted octanol–water partition coefficient (Wildman–Crippen LogP) is 0.0348. The molecule has 0 amide bonds. The summed E-state index contributed by atoms with van der Waals surface area (Å²) in [6, 6.07) is 5.58. The van der Waals surface area contributed by atoms with Gasteiger partial charge in [-0.05, 0) is 18.2 Å². The highest BCUT2D eigenvalue weighted by atomic mass is 32.3. The Labute approximate surface area is 111 Å². The fourth-order valence-electron chi connectivity index (χ4n) is 1.64. The Kier molecular flexibility index (Phi) is 5.36. The highest BCUT2D eigenvalue weighted by Crippen LogP contribution is 2.26. The fraction of sp³-hybridized carbons (Fsp3) is 0.400. The summed E-state index contributed by atoms with van der Waals surface area (Å²) in [4.78, 5) is 2.20. The minimum atomic E-state index is -4.67. The molecule has 0 unspecified atom stereocenters. The van der Waals surface area contributed by atoms with Gasteiger partial charge in [0, 0.05) is 18.8 Å². The Bertz CT molecular complexity index is 506. The van der Waals surface area contributed by atoms with Crippen molar-refractivity contribution < 1.29 is 22.3 Å². The third kappa shape index (κ3) is 6.25. The molecule has 8 nitrogen and oxygen atoms in total. The van der Waals surface area contributed by atoms with Crippen LogP contribution in [0.25, 0.3) is 0 Å². The lowest BCUT2D eigenvalue weighted by Crippen LogP contribution is -2.36. The van der Waals surface area contributed by atoms with Crippen molar-refractivity contribution in [2.24, 2.45) is 0 Å². The van der Waals surface area contributed by atoms with Gasteiger partial charge in [0.15, 0.2) is 0 Å². The maximum absolute atomic E-state index is 8.74. The van der Waals surface area contributed by atoms with Gasteiger partial charge in [-0.15, -0.1) is 0 Å². The van der Waals surface area contributed by atoms with Gasteiger partial charge in [0.1, 0.15) is 0 Å². The molecule has 108 valence electrons. The van der Waals surface area contributed by atoms with Crippen LogP contribution < -0.4 is 16.4 Å². The third-order valence-corrected chi connectivity index (χ3v) is 2.41. The molecule has 0 radical (unpaired) electrons. The molecule has 1 fully saturated rings. The first kappa shape index (κ1) is 15.5. The van der Waals surface area contributed by atoms with Crippen molar-refractivity contribution in [3.05, 3.63) is 18.2 Å². The largest absolute Gasteiger partial charge is 0.399 e. The summed E-state index contributed by atoms with van der Waals surface area (Å²) in [5.74, 6) is 0. The van der Waals surface area contributed by atoms with Crippen LogP contribution in [0.4, 0.5) is 17.1 Å². The summed E-state index contributed by atoms with van der Waals surface area (Å²) in [7, 11) is -4.67. The summed E-state index contributed by atoms with van der Waals surface area (Å²) in [5, 5.41) is 0. The minimum absolute atomic E-state index is 0.751. The van der Waals surface area contributed by atoms with E-state index in [0.717, 1.165) is 43.4 Å². The molecule has 9 heteroatoms. The number of ether oxygens (including phenoxy) is 1. The molecule has 0 atom stereocenters. The van der Waals surface area contributed by atoms with Crippen molar-refractivity contribution in [3.63, 3.8) is 0 Å². The number of hydrogen-bond donors (Lipinski definition) is 4. The zero-order chi connectivity index (χ0) is 14.5. The second kappa shape index (κ2) is 6.57. The van der Waals surface area contributed by atoms with E-state index in [9.17, 15) is 0 Å². The SMILES string of the molecule is Nc1ccc(N)c(N2CCOCC2)c1.O=S(=O)(O)O. The number of benzene rings is 1. The number of hydrogen-bond acceptors (Lipinski definition) is 6. The lowest BCUT2D eigenvalue weighted by atomic mass is 10.2. The first-order valence-electron chi connectivity index (χ1n) is 5.45. The Balaban J connectivity index is 0.000000312. The van der Waals surface area contributed by atoms with E-state index >= 15 is 0 Å². The zero-order valence-electron chi connectivity index (χ0n) is 10.2. The van der Waals surface area contributed by atoms with Crippen LogP contribution in [0.15, 0.2) is 18.2 Å². The number of rotatable bonds is 1. The first-order chi connectivity index (χ1) is 8.77. The Morgan fingerprint density at radius 2 is 1.68 bits per heavy atom. The second-order valence-electron chi connectivity index (χ2n) is 3.87. The van der Waals surface area contributed by atoms with Crippen molar-refractivity contribution >= 4 is 27.5 Å². The lowest BCUT2D eigenvalue weighted by molar-refractivity contribution is 0.123. The van der Waals surface area contributed by atoms with Crippen molar-refractivity contribution in [2.75, 3.05) is 42.7 Å². The quantitative estimate of drug-likeness (QED) is 0.420. The van der Waals surface area contributed by atoms with Gasteiger partial charge in [-0.3, -0.25) is 9.11 Å². The standard InChI is InChI=1S/C10H15N3O.H2O4S/c11-8-1-2-9(12)10(7-8)13-3-5-14-6-4-13;1-5(2,3)4/h1-2,7H,3-6,11-12H2;(H2,1,2,3,4). The van der Waals surface area contributed by atoms with Crippen LogP contribution in [-0.2, 0) is 15.1 Å². The normalized spacial score (nSPS) is 15.6. The van der Waals surface area contributed by atoms with Crippen LogP contribution in [0.1, 0.15) is 0 Å². The molecular weight excluding hydrogens is 274 g/mol. The van der Waals surface area contributed by atoms with Gasteiger partial charge in [-0.25, -0.2) is 0 Å². The van der Waals surface area contributed by atoms with E-state index in [1.54, 1.807) is 0 Å². The fourth-order valence-corrected chi connectivity index (χ4v) is 1.64. The zero-order valence-corrected chi connectivity index (χ0v) is 11.0. The summed E-state index contributed by atoms with van der Waals surface area (Å²) in [5.41, 5.74) is 14.2. The molecule has 1 aliphatic heterocycles. The lowest BCUT2D eigenvalue weighted by Gasteiger charge is -2.29. The Morgan fingerprint density at radius 1 is 1.16 bits per heavy atom. The molecule has 1 heterocycles.